The van der Waals surface area contributed by atoms with E-state index in [9.17, 15) is 9.59 Å². The van der Waals surface area contributed by atoms with Crippen LogP contribution in [0.3, 0.4) is 0 Å². The van der Waals surface area contributed by atoms with Gasteiger partial charge in [-0.25, -0.2) is 4.79 Å². The van der Waals surface area contributed by atoms with Crippen LogP contribution in [0.2, 0.25) is 0 Å². The topological polar surface area (TPSA) is 99.9 Å². The highest BCUT2D eigenvalue weighted by Crippen LogP contribution is 2.24. The molecule has 8 heteroatoms. The molecule has 3 N–H and O–H groups in total. The number of amides is 1. The number of ether oxygens (including phenoxy) is 1. The summed E-state index contributed by atoms with van der Waals surface area (Å²) in [6, 6.07) is 10.4. The SMILES string of the molecule is COC(=O)[C@H](Cc1c[nH]c2ccc(Br)cc12)NC(=O)c1cccc2cn[nH]c12. The second-order valence-corrected chi connectivity index (χ2v) is 7.31. The van der Waals surface area contributed by atoms with Crippen molar-refractivity contribution in [1.82, 2.24) is 20.5 Å². The van der Waals surface area contributed by atoms with E-state index in [0.29, 0.717) is 17.5 Å². The number of esters is 1. The number of H-pyrrole nitrogens is 2. The van der Waals surface area contributed by atoms with E-state index in [4.69, 9.17) is 4.74 Å². The van der Waals surface area contributed by atoms with Crippen LogP contribution in [0.1, 0.15) is 15.9 Å². The second kappa shape index (κ2) is 7.47. The van der Waals surface area contributed by atoms with Crippen LogP contribution < -0.4 is 5.32 Å². The molecular formula is C20H17BrN4O3. The highest BCUT2D eigenvalue weighted by Gasteiger charge is 2.25. The Kier molecular flexibility index (Phi) is 4.87. The van der Waals surface area contributed by atoms with Gasteiger partial charge < -0.3 is 15.0 Å². The van der Waals surface area contributed by atoms with Crippen molar-refractivity contribution < 1.29 is 14.3 Å². The van der Waals surface area contributed by atoms with Crippen molar-refractivity contribution in [1.29, 1.82) is 0 Å². The standard InChI is InChI=1S/C20H17BrN4O3/c1-28-20(27)17(7-12-9-22-16-6-5-13(21)8-15(12)16)24-19(26)14-4-2-3-11-10-23-25-18(11)14/h2-6,8-10,17,22H,7H2,1H3,(H,23,25)(H,24,26)/t17-/m0/s1. The predicted molar refractivity (Wildman–Crippen MR) is 109 cm³/mol. The van der Waals surface area contributed by atoms with E-state index in [-0.39, 0.29) is 5.91 Å². The van der Waals surface area contributed by atoms with Crippen LogP contribution in [-0.2, 0) is 16.0 Å². The van der Waals surface area contributed by atoms with Crippen LogP contribution in [0, 0.1) is 0 Å². The Bertz CT molecular complexity index is 1180. The molecule has 4 rings (SSSR count). The molecule has 4 aromatic rings. The Morgan fingerprint density at radius 1 is 1.29 bits per heavy atom. The smallest absolute Gasteiger partial charge is 0.328 e. The molecule has 0 bridgehead atoms. The molecule has 7 nitrogen and oxygen atoms in total. The summed E-state index contributed by atoms with van der Waals surface area (Å²) in [7, 11) is 1.31. The highest BCUT2D eigenvalue weighted by molar-refractivity contribution is 9.10. The van der Waals surface area contributed by atoms with E-state index in [2.05, 4.69) is 36.4 Å². The van der Waals surface area contributed by atoms with Crippen molar-refractivity contribution in [3.63, 3.8) is 0 Å². The minimum absolute atomic E-state index is 0.299. The molecule has 0 saturated carbocycles. The van der Waals surface area contributed by atoms with Gasteiger partial charge in [0.1, 0.15) is 6.04 Å². The lowest BCUT2D eigenvalue weighted by atomic mass is 10.0. The Balaban J connectivity index is 1.63. The Morgan fingerprint density at radius 3 is 2.96 bits per heavy atom. The minimum Gasteiger partial charge on any atom is -0.467 e. The fourth-order valence-electron chi connectivity index (χ4n) is 3.27. The first-order valence-electron chi connectivity index (χ1n) is 8.63. The first kappa shape index (κ1) is 18.2. The van der Waals surface area contributed by atoms with Crippen molar-refractivity contribution in [3.05, 3.63) is 64.4 Å². The number of halogens is 1. The number of aromatic nitrogens is 3. The zero-order valence-electron chi connectivity index (χ0n) is 15.0. The summed E-state index contributed by atoms with van der Waals surface area (Å²) in [4.78, 5) is 28.4. The summed E-state index contributed by atoms with van der Waals surface area (Å²) in [6.45, 7) is 0. The summed E-state index contributed by atoms with van der Waals surface area (Å²) in [6.07, 6.45) is 3.79. The average Bonchev–Trinajstić information content (AvgIpc) is 3.33. The molecule has 0 aliphatic carbocycles. The quantitative estimate of drug-likeness (QED) is 0.414. The van der Waals surface area contributed by atoms with E-state index in [1.165, 1.54) is 7.11 Å². The van der Waals surface area contributed by atoms with Gasteiger partial charge in [-0.3, -0.25) is 9.89 Å². The maximum atomic E-state index is 12.9. The average molecular weight is 441 g/mol. The van der Waals surface area contributed by atoms with E-state index < -0.39 is 12.0 Å². The van der Waals surface area contributed by atoms with Gasteiger partial charge in [0.25, 0.3) is 5.91 Å². The number of nitrogens with zero attached hydrogens (tertiary/aromatic N) is 1. The molecule has 2 aromatic heterocycles. The van der Waals surface area contributed by atoms with Crippen LogP contribution in [0.4, 0.5) is 0 Å². The number of para-hydroxylation sites is 1. The molecule has 0 spiro atoms. The Morgan fingerprint density at radius 2 is 2.14 bits per heavy atom. The van der Waals surface area contributed by atoms with E-state index in [0.717, 1.165) is 26.3 Å². The summed E-state index contributed by atoms with van der Waals surface area (Å²) in [5.74, 6) is -0.874. The molecule has 1 amide bonds. The summed E-state index contributed by atoms with van der Waals surface area (Å²) in [5, 5.41) is 11.4. The van der Waals surface area contributed by atoms with Crippen molar-refractivity contribution in [2.24, 2.45) is 0 Å². The monoisotopic (exact) mass is 440 g/mol. The molecule has 0 aliphatic rings. The molecule has 2 aromatic carbocycles. The van der Waals surface area contributed by atoms with Gasteiger partial charge >= 0.3 is 5.97 Å². The number of rotatable bonds is 5. The number of benzene rings is 2. The number of carbonyl (C=O) groups is 2. The van der Waals surface area contributed by atoms with Gasteiger partial charge in [0, 0.05) is 33.4 Å². The Labute approximate surface area is 168 Å². The van der Waals surface area contributed by atoms with Crippen molar-refractivity contribution in [2.45, 2.75) is 12.5 Å². The molecule has 0 radical (unpaired) electrons. The fraction of sp³-hybridized carbons (Fsp3) is 0.150. The molecule has 142 valence electrons. The van der Waals surface area contributed by atoms with Gasteiger partial charge in [-0.2, -0.15) is 5.10 Å². The number of hydrogen-bond donors (Lipinski definition) is 3. The highest BCUT2D eigenvalue weighted by atomic mass is 79.9. The van der Waals surface area contributed by atoms with Gasteiger partial charge in [-0.1, -0.05) is 28.1 Å². The molecule has 28 heavy (non-hydrogen) atoms. The fourth-order valence-corrected chi connectivity index (χ4v) is 3.63. The summed E-state index contributed by atoms with van der Waals surface area (Å²) < 4.78 is 5.85. The predicted octanol–water partition coefficient (Wildman–Crippen LogP) is 3.32. The minimum atomic E-state index is -0.825. The first-order chi connectivity index (χ1) is 13.6. The first-order valence-corrected chi connectivity index (χ1v) is 9.42. The largest absolute Gasteiger partial charge is 0.467 e. The zero-order valence-corrected chi connectivity index (χ0v) is 16.5. The van der Waals surface area contributed by atoms with Gasteiger partial charge in [0.15, 0.2) is 0 Å². The van der Waals surface area contributed by atoms with Gasteiger partial charge in [-0.15, -0.1) is 0 Å². The van der Waals surface area contributed by atoms with E-state index >= 15 is 0 Å². The number of carbonyl (C=O) groups excluding carboxylic acids is 2. The molecule has 0 fully saturated rings. The number of fused-ring (bicyclic) bond motifs is 2. The van der Waals surface area contributed by atoms with Crippen LogP contribution in [0.5, 0.6) is 0 Å². The normalized spacial score (nSPS) is 12.2. The number of nitrogens with one attached hydrogen (secondary N) is 3. The van der Waals surface area contributed by atoms with Crippen LogP contribution >= 0.6 is 15.9 Å². The van der Waals surface area contributed by atoms with E-state index in [1.54, 1.807) is 18.3 Å². The lowest BCUT2D eigenvalue weighted by Gasteiger charge is -2.16. The maximum absolute atomic E-state index is 12.9. The summed E-state index contributed by atoms with van der Waals surface area (Å²) >= 11 is 3.47. The third-order valence-corrected chi connectivity index (χ3v) is 5.16. The third kappa shape index (κ3) is 3.38. The van der Waals surface area contributed by atoms with Crippen LogP contribution in [0.25, 0.3) is 21.8 Å². The number of aromatic amines is 2. The third-order valence-electron chi connectivity index (χ3n) is 4.67. The van der Waals surface area contributed by atoms with Crippen LogP contribution in [0.15, 0.2) is 53.3 Å². The van der Waals surface area contributed by atoms with Gasteiger partial charge in [0.05, 0.1) is 24.4 Å². The number of methoxy groups -OCH3 is 1. The zero-order chi connectivity index (χ0) is 19.7. The molecule has 0 aliphatic heterocycles. The number of hydrogen-bond acceptors (Lipinski definition) is 4. The molecule has 0 saturated heterocycles. The molecule has 2 heterocycles. The van der Waals surface area contributed by atoms with Crippen LogP contribution in [-0.4, -0.2) is 40.2 Å². The molecule has 0 unspecified atom stereocenters. The van der Waals surface area contributed by atoms with Crippen molar-refractivity contribution in [3.8, 4) is 0 Å². The van der Waals surface area contributed by atoms with Crippen molar-refractivity contribution >= 4 is 49.6 Å². The summed E-state index contributed by atoms with van der Waals surface area (Å²) in [5.41, 5.74) is 2.91. The molecular weight excluding hydrogens is 424 g/mol. The van der Waals surface area contributed by atoms with Crippen molar-refractivity contribution in [2.75, 3.05) is 7.11 Å². The second-order valence-electron chi connectivity index (χ2n) is 6.40. The van der Waals surface area contributed by atoms with Gasteiger partial charge in [-0.05, 0) is 29.8 Å². The lowest BCUT2D eigenvalue weighted by Crippen LogP contribution is -2.43. The lowest BCUT2D eigenvalue weighted by molar-refractivity contribution is -0.142. The molecule has 1 atom stereocenters. The van der Waals surface area contributed by atoms with E-state index in [1.807, 2.05) is 30.5 Å². The Hall–Kier alpha value is -3.13. The van der Waals surface area contributed by atoms with Gasteiger partial charge in [0.2, 0.25) is 0 Å². The maximum Gasteiger partial charge on any atom is 0.328 e.